The largest absolute Gasteiger partial charge is 0.482 e. The van der Waals surface area contributed by atoms with Gasteiger partial charge in [-0.1, -0.05) is 12.1 Å². The van der Waals surface area contributed by atoms with Crippen LogP contribution in [0.4, 0.5) is 0 Å². The third-order valence-electron chi connectivity index (χ3n) is 3.01. The number of rotatable bonds is 4. The lowest BCUT2D eigenvalue weighted by Gasteiger charge is -2.07. The molecular formula is C15H13NO4. The minimum atomic E-state index is -0.989. The van der Waals surface area contributed by atoms with Crippen LogP contribution in [0.25, 0.3) is 10.8 Å². The first-order chi connectivity index (χ1) is 9.72. The molecule has 0 saturated carbocycles. The monoisotopic (exact) mass is 271 g/mol. The summed E-state index contributed by atoms with van der Waals surface area (Å²) < 4.78 is 10.6. The number of nitrogens with zero attached hydrogens (tertiary/aromatic N) is 1. The Morgan fingerprint density at radius 1 is 1.25 bits per heavy atom. The lowest BCUT2D eigenvalue weighted by molar-refractivity contribution is -0.139. The molecule has 0 radical (unpaired) electrons. The van der Waals surface area contributed by atoms with Crippen molar-refractivity contribution in [2.45, 2.75) is 0 Å². The van der Waals surface area contributed by atoms with E-state index in [0.717, 1.165) is 16.3 Å². The minimum absolute atomic E-state index is 0.339. The van der Waals surface area contributed by atoms with Gasteiger partial charge in [-0.2, -0.15) is 0 Å². The highest BCUT2D eigenvalue weighted by molar-refractivity contribution is 5.99. The molecule has 1 heterocycles. The zero-order chi connectivity index (χ0) is 13.9. The fourth-order valence-corrected chi connectivity index (χ4v) is 2.10. The molecule has 5 nitrogen and oxygen atoms in total. The summed E-state index contributed by atoms with van der Waals surface area (Å²) in [5.74, 6) is 0.233. The third kappa shape index (κ3) is 2.56. The van der Waals surface area contributed by atoms with Crippen LogP contribution in [0.1, 0.15) is 5.56 Å². The van der Waals surface area contributed by atoms with Gasteiger partial charge >= 0.3 is 5.97 Å². The first kappa shape index (κ1) is 12.5. The number of hydrogen-bond acceptors (Lipinski definition) is 4. The Hall–Kier alpha value is -2.56. The predicted molar refractivity (Wildman–Crippen MR) is 74.4 cm³/mol. The number of carboxylic acids is 1. The van der Waals surface area contributed by atoms with Crippen LogP contribution in [0.15, 0.2) is 41.4 Å². The zero-order valence-electron chi connectivity index (χ0n) is 10.7. The molecule has 0 atom stereocenters. The molecule has 0 aromatic heterocycles. The number of carboxylic acid groups (broad SMARTS) is 1. The van der Waals surface area contributed by atoms with E-state index in [9.17, 15) is 4.79 Å². The van der Waals surface area contributed by atoms with Crippen LogP contribution < -0.4 is 4.74 Å². The summed E-state index contributed by atoms with van der Waals surface area (Å²) >= 11 is 0. The molecule has 0 bridgehead atoms. The number of ether oxygens (including phenoxy) is 2. The first-order valence-electron chi connectivity index (χ1n) is 6.28. The van der Waals surface area contributed by atoms with Gasteiger partial charge in [-0.15, -0.1) is 0 Å². The molecule has 20 heavy (non-hydrogen) atoms. The first-order valence-corrected chi connectivity index (χ1v) is 6.28. The van der Waals surface area contributed by atoms with Gasteiger partial charge in [-0.05, 0) is 35.0 Å². The van der Waals surface area contributed by atoms with Crippen molar-refractivity contribution in [1.29, 1.82) is 0 Å². The van der Waals surface area contributed by atoms with Crippen LogP contribution in [-0.2, 0) is 9.53 Å². The van der Waals surface area contributed by atoms with Crippen molar-refractivity contribution in [1.82, 2.24) is 0 Å². The molecular weight excluding hydrogens is 258 g/mol. The molecule has 0 aliphatic carbocycles. The Balaban J connectivity index is 1.88. The third-order valence-corrected chi connectivity index (χ3v) is 3.01. The maximum Gasteiger partial charge on any atom is 0.341 e. The smallest absolute Gasteiger partial charge is 0.341 e. The van der Waals surface area contributed by atoms with Crippen LogP contribution >= 0.6 is 0 Å². The van der Waals surface area contributed by atoms with Crippen molar-refractivity contribution in [3.8, 4) is 5.75 Å². The fourth-order valence-electron chi connectivity index (χ4n) is 2.10. The van der Waals surface area contributed by atoms with Crippen molar-refractivity contribution < 1.29 is 19.4 Å². The SMILES string of the molecule is O=C(O)COc1ccc2cc(C3=NCCO3)ccc2c1. The normalized spacial score (nSPS) is 13.9. The molecule has 3 rings (SSSR count). The van der Waals surface area contributed by atoms with Crippen LogP contribution in [-0.4, -0.2) is 36.7 Å². The van der Waals surface area contributed by atoms with Crippen molar-refractivity contribution in [2.75, 3.05) is 19.8 Å². The highest BCUT2D eigenvalue weighted by Crippen LogP contribution is 2.23. The zero-order valence-corrected chi connectivity index (χ0v) is 10.7. The van der Waals surface area contributed by atoms with Gasteiger partial charge in [0.2, 0.25) is 5.90 Å². The van der Waals surface area contributed by atoms with E-state index in [1.54, 1.807) is 6.07 Å². The Morgan fingerprint density at radius 2 is 2.05 bits per heavy atom. The molecule has 0 unspecified atom stereocenters. The molecule has 102 valence electrons. The lowest BCUT2D eigenvalue weighted by atomic mass is 10.1. The van der Waals surface area contributed by atoms with Crippen molar-refractivity contribution in [2.24, 2.45) is 4.99 Å². The molecule has 5 heteroatoms. The Kier molecular flexibility index (Phi) is 3.25. The second-order valence-corrected chi connectivity index (χ2v) is 4.44. The van der Waals surface area contributed by atoms with Gasteiger partial charge in [0, 0.05) is 5.56 Å². The standard InChI is InChI=1S/C15H13NO4/c17-14(18)9-20-13-4-3-10-7-12(2-1-11(10)8-13)15-16-5-6-19-15/h1-4,7-8H,5-6,9H2,(H,17,18). The molecule has 0 amide bonds. The van der Waals surface area contributed by atoms with E-state index in [-0.39, 0.29) is 6.61 Å². The number of aliphatic imine (C=N–C) groups is 1. The van der Waals surface area contributed by atoms with Crippen molar-refractivity contribution in [3.05, 3.63) is 42.0 Å². The van der Waals surface area contributed by atoms with Crippen LogP contribution in [0, 0.1) is 0 Å². The van der Waals surface area contributed by atoms with E-state index in [1.165, 1.54) is 0 Å². The average molecular weight is 271 g/mol. The van der Waals surface area contributed by atoms with Crippen molar-refractivity contribution >= 4 is 22.6 Å². The van der Waals surface area contributed by atoms with Crippen molar-refractivity contribution in [3.63, 3.8) is 0 Å². The molecule has 0 fully saturated rings. The average Bonchev–Trinajstić information content (AvgIpc) is 2.98. The van der Waals surface area contributed by atoms with Gasteiger partial charge in [0.25, 0.3) is 0 Å². The molecule has 2 aromatic rings. The van der Waals surface area contributed by atoms with Gasteiger partial charge in [-0.3, -0.25) is 0 Å². The maximum absolute atomic E-state index is 10.5. The van der Waals surface area contributed by atoms with Crippen LogP contribution in [0.5, 0.6) is 5.75 Å². The number of aliphatic carboxylic acids is 1. The van der Waals surface area contributed by atoms with Gasteiger partial charge in [0.05, 0.1) is 6.54 Å². The predicted octanol–water partition coefficient (Wildman–Crippen LogP) is 2.08. The fraction of sp³-hybridized carbons (Fsp3) is 0.200. The molecule has 1 aliphatic heterocycles. The summed E-state index contributed by atoms with van der Waals surface area (Å²) in [6.07, 6.45) is 0. The summed E-state index contributed by atoms with van der Waals surface area (Å²) in [5, 5.41) is 10.6. The Bertz CT molecular complexity index is 693. The van der Waals surface area contributed by atoms with E-state index in [4.69, 9.17) is 14.6 Å². The minimum Gasteiger partial charge on any atom is -0.482 e. The Morgan fingerprint density at radius 3 is 2.80 bits per heavy atom. The summed E-state index contributed by atoms with van der Waals surface area (Å²) in [6.45, 7) is 0.999. The molecule has 0 spiro atoms. The molecule has 2 aromatic carbocycles. The van der Waals surface area contributed by atoms with Crippen LogP contribution in [0.2, 0.25) is 0 Å². The second kappa shape index (κ2) is 5.21. The van der Waals surface area contributed by atoms with Gasteiger partial charge in [0.15, 0.2) is 6.61 Å². The van der Waals surface area contributed by atoms with E-state index < -0.39 is 5.97 Å². The summed E-state index contributed by atoms with van der Waals surface area (Å²) in [5.41, 5.74) is 0.953. The Labute approximate surface area is 115 Å². The second-order valence-electron chi connectivity index (χ2n) is 4.44. The maximum atomic E-state index is 10.5. The topological polar surface area (TPSA) is 68.1 Å². The summed E-state index contributed by atoms with van der Waals surface area (Å²) in [7, 11) is 0. The quantitative estimate of drug-likeness (QED) is 0.924. The highest BCUT2D eigenvalue weighted by atomic mass is 16.5. The van der Waals surface area contributed by atoms with Gasteiger partial charge < -0.3 is 14.6 Å². The number of benzene rings is 2. The van der Waals surface area contributed by atoms with Gasteiger partial charge in [-0.25, -0.2) is 9.79 Å². The molecule has 1 N–H and O–H groups in total. The lowest BCUT2D eigenvalue weighted by Crippen LogP contribution is -2.09. The number of fused-ring (bicyclic) bond motifs is 1. The number of hydrogen-bond donors (Lipinski definition) is 1. The van der Waals surface area contributed by atoms with Gasteiger partial charge in [0.1, 0.15) is 12.4 Å². The molecule has 0 saturated heterocycles. The van der Waals surface area contributed by atoms with E-state index >= 15 is 0 Å². The van der Waals surface area contributed by atoms with E-state index in [0.29, 0.717) is 24.8 Å². The number of carbonyl (C=O) groups is 1. The summed E-state index contributed by atoms with van der Waals surface area (Å²) in [6, 6.07) is 11.4. The summed E-state index contributed by atoms with van der Waals surface area (Å²) in [4.78, 5) is 14.8. The van der Waals surface area contributed by atoms with Crippen LogP contribution in [0.3, 0.4) is 0 Å². The van der Waals surface area contributed by atoms with E-state index in [1.807, 2.05) is 30.3 Å². The molecule has 1 aliphatic rings. The highest BCUT2D eigenvalue weighted by Gasteiger charge is 2.10. The van der Waals surface area contributed by atoms with E-state index in [2.05, 4.69) is 4.99 Å².